The van der Waals surface area contributed by atoms with Gasteiger partial charge in [-0.25, -0.2) is 0 Å². The third-order valence-corrected chi connectivity index (χ3v) is 4.32. The van der Waals surface area contributed by atoms with Crippen LogP contribution in [0, 0.1) is 6.92 Å². The normalized spacial score (nSPS) is 17.7. The number of thioether (sulfide) groups is 1. The fourth-order valence-corrected chi connectivity index (χ4v) is 3.11. The molecule has 0 bridgehead atoms. The van der Waals surface area contributed by atoms with Gasteiger partial charge in [0.15, 0.2) is 0 Å². The molecule has 0 spiro atoms. The molecule has 1 nitrogen and oxygen atoms in total. The Morgan fingerprint density at radius 1 is 1.33 bits per heavy atom. The highest BCUT2D eigenvalue weighted by atomic mass is 35.5. The zero-order valence-electron chi connectivity index (χ0n) is 8.92. The zero-order valence-corrected chi connectivity index (χ0v) is 10.5. The molecule has 1 aromatic rings. The van der Waals surface area contributed by atoms with Crippen molar-refractivity contribution in [2.45, 2.75) is 25.8 Å². The number of benzene rings is 1. The summed E-state index contributed by atoms with van der Waals surface area (Å²) in [5.41, 5.74) is 2.24. The van der Waals surface area contributed by atoms with Crippen molar-refractivity contribution in [1.82, 2.24) is 0 Å². The second kappa shape index (κ2) is 5.13. The molecule has 1 aromatic carbocycles. The Morgan fingerprint density at radius 2 is 2.07 bits per heavy atom. The predicted octanol–water partition coefficient (Wildman–Crippen LogP) is 3.96. The van der Waals surface area contributed by atoms with E-state index in [1.165, 1.54) is 24.3 Å². The highest BCUT2D eigenvalue weighted by Crippen LogP contribution is 2.28. The Bertz CT molecular complexity index is 334. The van der Waals surface area contributed by atoms with Crippen LogP contribution >= 0.6 is 23.4 Å². The third kappa shape index (κ3) is 2.82. The molecule has 82 valence electrons. The lowest BCUT2D eigenvalue weighted by atomic mass is 10.1. The molecular weight excluding hydrogens is 226 g/mol. The number of nitrogens with one attached hydrogen (secondary N) is 1. The number of aryl methyl sites for hydroxylation is 1. The van der Waals surface area contributed by atoms with E-state index < -0.39 is 0 Å². The highest BCUT2D eigenvalue weighted by molar-refractivity contribution is 7.99. The minimum atomic E-state index is 0.602. The summed E-state index contributed by atoms with van der Waals surface area (Å²) >= 11 is 8.29. The van der Waals surface area contributed by atoms with E-state index in [9.17, 15) is 0 Å². The molecule has 3 heteroatoms. The van der Waals surface area contributed by atoms with E-state index in [1.54, 1.807) is 0 Å². The molecule has 0 amide bonds. The van der Waals surface area contributed by atoms with E-state index in [1.807, 2.05) is 24.8 Å². The number of hydrogen-bond donors (Lipinski definition) is 1. The summed E-state index contributed by atoms with van der Waals surface area (Å²) in [4.78, 5) is 0. The van der Waals surface area contributed by atoms with Crippen molar-refractivity contribution >= 4 is 29.1 Å². The molecule has 2 rings (SSSR count). The molecule has 0 unspecified atom stereocenters. The molecule has 1 heterocycles. The molecule has 1 saturated heterocycles. The van der Waals surface area contributed by atoms with Crippen molar-refractivity contribution in [2.24, 2.45) is 0 Å². The molecule has 1 aliphatic rings. The van der Waals surface area contributed by atoms with Gasteiger partial charge in [-0.1, -0.05) is 23.7 Å². The topological polar surface area (TPSA) is 12.0 Å². The number of hydrogen-bond acceptors (Lipinski definition) is 2. The summed E-state index contributed by atoms with van der Waals surface area (Å²) in [5, 5.41) is 4.42. The second-order valence-corrected chi connectivity index (χ2v) is 5.57. The Labute approximate surface area is 101 Å². The van der Waals surface area contributed by atoms with Gasteiger partial charge < -0.3 is 5.32 Å². The van der Waals surface area contributed by atoms with Gasteiger partial charge >= 0.3 is 0 Å². The van der Waals surface area contributed by atoms with E-state index in [0.717, 1.165) is 16.3 Å². The maximum Gasteiger partial charge on any atom is 0.0666 e. The van der Waals surface area contributed by atoms with Crippen LogP contribution in [0.2, 0.25) is 5.02 Å². The van der Waals surface area contributed by atoms with Crippen LogP contribution in [0.4, 0.5) is 5.69 Å². The van der Waals surface area contributed by atoms with E-state index in [4.69, 9.17) is 11.6 Å². The van der Waals surface area contributed by atoms with Crippen LogP contribution < -0.4 is 5.32 Å². The lowest BCUT2D eigenvalue weighted by Gasteiger charge is -2.24. The maximum absolute atomic E-state index is 6.24. The van der Waals surface area contributed by atoms with Gasteiger partial charge in [0.2, 0.25) is 0 Å². The fraction of sp³-hybridized carbons (Fsp3) is 0.500. The van der Waals surface area contributed by atoms with Crippen LogP contribution in [0.3, 0.4) is 0 Å². The van der Waals surface area contributed by atoms with Crippen LogP contribution in [0.1, 0.15) is 18.4 Å². The van der Waals surface area contributed by atoms with Crippen molar-refractivity contribution in [3.63, 3.8) is 0 Å². The van der Waals surface area contributed by atoms with E-state index in [-0.39, 0.29) is 0 Å². The minimum absolute atomic E-state index is 0.602. The minimum Gasteiger partial charge on any atom is -0.381 e. The molecule has 1 aliphatic heterocycles. The van der Waals surface area contributed by atoms with Gasteiger partial charge in [-0.15, -0.1) is 0 Å². The van der Waals surface area contributed by atoms with Crippen LogP contribution in [0.5, 0.6) is 0 Å². The molecule has 0 aliphatic carbocycles. The molecular formula is C12H16ClNS. The van der Waals surface area contributed by atoms with E-state index in [2.05, 4.69) is 17.4 Å². The first kappa shape index (κ1) is 11.2. The average molecular weight is 242 g/mol. The Kier molecular flexibility index (Phi) is 3.81. The molecule has 0 saturated carbocycles. The van der Waals surface area contributed by atoms with Gasteiger partial charge in [-0.3, -0.25) is 0 Å². The molecule has 15 heavy (non-hydrogen) atoms. The van der Waals surface area contributed by atoms with Crippen LogP contribution in [0.15, 0.2) is 18.2 Å². The summed E-state index contributed by atoms with van der Waals surface area (Å²) in [6, 6.07) is 6.77. The molecule has 1 N–H and O–H groups in total. The van der Waals surface area contributed by atoms with Gasteiger partial charge in [-0.2, -0.15) is 11.8 Å². The van der Waals surface area contributed by atoms with Crippen molar-refractivity contribution in [3.8, 4) is 0 Å². The van der Waals surface area contributed by atoms with E-state index in [0.29, 0.717) is 6.04 Å². The standard InChI is InChI=1S/C12H16ClNS/c1-9-3-2-4-11(12(9)13)14-10-5-7-15-8-6-10/h2-4,10,14H,5-8H2,1H3. The third-order valence-electron chi connectivity index (χ3n) is 2.77. The maximum atomic E-state index is 6.24. The summed E-state index contributed by atoms with van der Waals surface area (Å²) in [6.07, 6.45) is 2.49. The highest BCUT2D eigenvalue weighted by Gasteiger charge is 2.14. The Balaban J connectivity index is 2.06. The van der Waals surface area contributed by atoms with Gasteiger partial charge in [-0.05, 0) is 42.9 Å². The number of rotatable bonds is 2. The zero-order chi connectivity index (χ0) is 10.7. The van der Waals surface area contributed by atoms with Gasteiger partial charge in [0.25, 0.3) is 0 Å². The SMILES string of the molecule is Cc1cccc(NC2CCSCC2)c1Cl. The summed E-state index contributed by atoms with van der Waals surface area (Å²) < 4.78 is 0. The number of anilines is 1. The van der Waals surface area contributed by atoms with Crippen molar-refractivity contribution in [1.29, 1.82) is 0 Å². The van der Waals surface area contributed by atoms with Crippen molar-refractivity contribution < 1.29 is 0 Å². The van der Waals surface area contributed by atoms with Crippen LogP contribution in [-0.4, -0.2) is 17.5 Å². The first-order chi connectivity index (χ1) is 7.27. The van der Waals surface area contributed by atoms with Crippen molar-refractivity contribution in [3.05, 3.63) is 28.8 Å². The molecule has 0 aromatic heterocycles. The van der Waals surface area contributed by atoms with Crippen LogP contribution in [-0.2, 0) is 0 Å². The lowest BCUT2D eigenvalue weighted by Crippen LogP contribution is -2.24. The average Bonchev–Trinajstić information content (AvgIpc) is 2.26. The number of halogens is 1. The Hall–Kier alpha value is -0.340. The summed E-state index contributed by atoms with van der Waals surface area (Å²) in [5.74, 6) is 2.53. The summed E-state index contributed by atoms with van der Waals surface area (Å²) in [6.45, 7) is 2.05. The fourth-order valence-electron chi connectivity index (χ4n) is 1.82. The quantitative estimate of drug-likeness (QED) is 0.841. The summed E-state index contributed by atoms with van der Waals surface area (Å²) in [7, 11) is 0. The van der Waals surface area contributed by atoms with Gasteiger partial charge in [0.05, 0.1) is 10.7 Å². The van der Waals surface area contributed by atoms with E-state index >= 15 is 0 Å². The second-order valence-electron chi connectivity index (χ2n) is 3.97. The first-order valence-corrected chi connectivity index (χ1v) is 6.90. The van der Waals surface area contributed by atoms with Gasteiger partial charge in [0, 0.05) is 6.04 Å². The first-order valence-electron chi connectivity index (χ1n) is 5.37. The lowest BCUT2D eigenvalue weighted by molar-refractivity contribution is 0.667. The molecule has 0 radical (unpaired) electrons. The Morgan fingerprint density at radius 3 is 2.80 bits per heavy atom. The van der Waals surface area contributed by atoms with Crippen LogP contribution in [0.25, 0.3) is 0 Å². The van der Waals surface area contributed by atoms with Gasteiger partial charge in [0.1, 0.15) is 0 Å². The van der Waals surface area contributed by atoms with Crippen molar-refractivity contribution in [2.75, 3.05) is 16.8 Å². The smallest absolute Gasteiger partial charge is 0.0666 e. The molecule has 0 atom stereocenters. The molecule has 1 fully saturated rings. The largest absolute Gasteiger partial charge is 0.381 e. The monoisotopic (exact) mass is 241 g/mol. The predicted molar refractivity (Wildman–Crippen MR) is 70.2 cm³/mol.